The third-order valence-electron chi connectivity index (χ3n) is 14.3. The SMILES string of the molecule is CC(C)(C)c1cc(C#N)c(-c2cc3c4cc5c(cc4c(-c4c(C#N)cc(C(C)(C)C)cc4C#N)cc3c3cc4c(cc23)-c2cccc3cccc-4c23)-c2cccc3cccc-5c23)c(C#N)c1. The Kier molecular flexibility index (Phi) is 7.99. The molecule has 0 bridgehead atoms. The molecule has 0 amide bonds. The van der Waals surface area contributed by atoms with Gasteiger partial charge in [-0.05, 0) is 192 Å². The van der Waals surface area contributed by atoms with E-state index < -0.39 is 0 Å². The molecular weight excluding hydrogens is 801 g/mol. The van der Waals surface area contributed by atoms with Gasteiger partial charge in [0.25, 0.3) is 0 Å². The molecule has 4 nitrogen and oxygen atoms in total. The van der Waals surface area contributed by atoms with Crippen LogP contribution in [0.1, 0.15) is 74.9 Å². The van der Waals surface area contributed by atoms with Crippen molar-refractivity contribution >= 4 is 53.9 Å². The standard InChI is InChI=1S/C62H40N4/c1-61(2,3)39-19-35(29-63)57(36(20-39)30-64)55-27-51-50-24-46-42-16-8-12-34-14-10-18-44(60(34)42)48(46)26-54(50)56(58-37(31-65)21-40(62(4,5)6)22-38(58)32-66)28-52(51)49-23-45-41-15-7-11-33-13-9-17-43(59(33)41)47(45)25-53(49)55/h7-28H,1-6H3. The van der Waals surface area contributed by atoms with Crippen molar-refractivity contribution in [3.8, 4) is 91.0 Å². The van der Waals surface area contributed by atoms with Crippen molar-refractivity contribution < 1.29 is 0 Å². The van der Waals surface area contributed by atoms with E-state index in [1.165, 1.54) is 10.8 Å². The Bertz CT molecular complexity index is 3760. The van der Waals surface area contributed by atoms with Crippen LogP contribution < -0.4 is 0 Å². The Morgan fingerprint density at radius 3 is 0.833 bits per heavy atom. The zero-order valence-corrected chi connectivity index (χ0v) is 37.5. The fraction of sp³-hybridized carbons (Fsp3) is 0.129. The van der Waals surface area contributed by atoms with Crippen molar-refractivity contribution in [1.82, 2.24) is 0 Å². The van der Waals surface area contributed by atoms with E-state index in [1.54, 1.807) is 0 Å². The summed E-state index contributed by atoms with van der Waals surface area (Å²) < 4.78 is 0. The van der Waals surface area contributed by atoms with Gasteiger partial charge in [-0.3, -0.25) is 0 Å². The van der Waals surface area contributed by atoms with Gasteiger partial charge in [-0.2, -0.15) is 21.0 Å². The average molecular weight is 841 g/mol. The highest BCUT2D eigenvalue weighted by molar-refractivity contribution is 6.29. The molecule has 10 aromatic carbocycles. The molecule has 12 rings (SSSR count). The van der Waals surface area contributed by atoms with Crippen LogP contribution >= 0.6 is 0 Å². The maximum absolute atomic E-state index is 11.0. The molecule has 0 heterocycles. The summed E-state index contributed by atoms with van der Waals surface area (Å²) in [5.74, 6) is 0. The zero-order valence-electron chi connectivity index (χ0n) is 37.5. The van der Waals surface area contributed by atoms with Crippen LogP contribution in [0.4, 0.5) is 0 Å². The van der Waals surface area contributed by atoms with Crippen molar-refractivity contribution in [3.63, 3.8) is 0 Å². The van der Waals surface area contributed by atoms with Gasteiger partial charge in [0.2, 0.25) is 0 Å². The molecule has 0 N–H and O–H groups in total. The summed E-state index contributed by atoms with van der Waals surface area (Å²) in [7, 11) is 0. The van der Waals surface area contributed by atoms with Gasteiger partial charge in [0, 0.05) is 11.1 Å². The summed E-state index contributed by atoms with van der Waals surface area (Å²) in [6, 6.07) is 57.3. The molecule has 2 aliphatic rings. The van der Waals surface area contributed by atoms with E-state index >= 15 is 0 Å². The van der Waals surface area contributed by atoms with E-state index in [2.05, 4.69) is 175 Å². The minimum Gasteiger partial charge on any atom is -0.192 e. The first-order valence-electron chi connectivity index (χ1n) is 22.4. The maximum Gasteiger partial charge on any atom is 0.0998 e. The second-order valence-electron chi connectivity index (χ2n) is 20.1. The van der Waals surface area contributed by atoms with Gasteiger partial charge in [-0.1, -0.05) is 114 Å². The summed E-state index contributed by atoms with van der Waals surface area (Å²) in [6.45, 7) is 12.6. The summed E-state index contributed by atoms with van der Waals surface area (Å²) in [5, 5.41) is 54.4. The lowest BCUT2D eigenvalue weighted by Crippen LogP contribution is -2.12. The molecule has 0 fully saturated rings. The first-order valence-corrected chi connectivity index (χ1v) is 22.4. The second-order valence-corrected chi connectivity index (χ2v) is 20.1. The molecule has 0 unspecified atom stereocenters. The Balaban J connectivity index is 1.31. The summed E-state index contributed by atoms with van der Waals surface area (Å²) in [4.78, 5) is 0. The predicted octanol–water partition coefficient (Wildman–Crippen LogP) is 16.2. The van der Waals surface area contributed by atoms with Gasteiger partial charge < -0.3 is 0 Å². The number of hydrogen-bond acceptors (Lipinski definition) is 4. The van der Waals surface area contributed by atoms with Crippen LogP contribution in [0.5, 0.6) is 0 Å². The van der Waals surface area contributed by atoms with Crippen LogP contribution in [0.3, 0.4) is 0 Å². The van der Waals surface area contributed by atoms with E-state index in [0.29, 0.717) is 33.4 Å². The minimum atomic E-state index is -0.296. The molecule has 66 heavy (non-hydrogen) atoms. The van der Waals surface area contributed by atoms with E-state index in [1.807, 2.05) is 24.3 Å². The van der Waals surface area contributed by atoms with Crippen molar-refractivity contribution in [1.29, 1.82) is 21.0 Å². The molecule has 0 aliphatic heterocycles. The molecule has 0 radical (unpaired) electrons. The maximum atomic E-state index is 11.0. The number of benzene rings is 10. The van der Waals surface area contributed by atoms with Crippen molar-refractivity contribution in [3.05, 3.63) is 167 Å². The molecule has 4 heteroatoms. The van der Waals surface area contributed by atoms with E-state index in [4.69, 9.17) is 0 Å². The lowest BCUT2D eigenvalue weighted by Gasteiger charge is -2.23. The number of nitriles is 4. The van der Waals surface area contributed by atoms with Crippen LogP contribution in [-0.2, 0) is 10.8 Å². The zero-order chi connectivity index (χ0) is 45.6. The lowest BCUT2D eigenvalue weighted by molar-refractivity contribution is 0.589. The Morgan fingerprint density at radius 2 is 0.561 bits per heavy atom. The van der Waals surface area contributed by atoms with Gasteiger partial charge in [0.05, 0.1) is 46.5 Å². The molecule has 0 aromatic heterocycles. The van der Waals surface area contributed by atoms with Gasteiger partial charge in [0.1, 0.15) is 0 Å². The highest BCUT2D eigenvalue weighted by Gasteiger charge is 2.30. The largest absolute Gasteiger partial charge is 0.192 e. The quantitative estimate of drug-likeness (QED) is 0.162. The number of fused-ring (bicyclic) bond motifs is 11. The summed E-state index contributed by atoms with van der Waals surface area (Å²) >= 11 is 0. The van der Waals surface area contributed by atoms with E-state index in [-0.39, 0.29) is 10.8 Å². The number of rotatable bonds is 2. The van der Waals surface area contributed by atoms with Crippen LogP contribution in [0.2, 0.25) is 0 Å². The summed E-state index contributed by atoms with van der Waals surface area (Å²) in [5.41, 5.74) is 14.9. The fourth-order valence-corrected chi connectivity index (χ4v) is 11.1. The predicted molar refractivity (Wildman–Crippen MR) is 270 cm³/mol. The molecular formula is C62H40N4. The van der Waals surface area contributed by atoms with Crippen molar-refractivity contribution in [2.24, 2.45) is 0 Å². The van der Waals surface area contributed by atoms with Crippen molar-refractivity contribution in [2.45, 2.75) is 52.4 Å². The number of nitrogens with zero attached hydrogens (tertiary/aromatic N) is 4. The first kappa shape index (κ1) is 39.1. The molecule has 10 aromatic rings. The Hall–Kier alpha value is -8.54. The van der Waals surface area contributed by atoms with Gasteiger partial charge in [-0.15, -0.1) is 0 Å². The average Bonchev–Trinajstić information content (AvgIpc) is 3.81. The Morgan fingerprint density at radius 1 is 0.303 bits per heavy atom. The highest BCUT2D eigenvalue weighted by atomic mass is 14.4. The van der Waals surface area contributed by atoms with Crippen LogP contribution in [0.15, 0.2) is 133 Å². The van der Waals surface area contributed by atoms with E-state index in [9.17, 15) is 21.0 Å². The van der Waals surface area contributed by atoms with Crippen LogP contribution in [0.25, 0.3) is 121 Å². The summed E-state index contributed by atoms with van der Waals surface area (Å²) in [6.07, 6.45) is 0. The number of hydrogen-bond donors (Lipinski definition) is 0. The van der Waals surface area contributed by atoms with Gasteiger partial charge in [0.15, 0.2) is 0 Å². The van der Waals surface area contributed by atoms with E-state index in [0.717, 1.165) is 110 Å². The first-order chi connectivity index (χ1) is 31.8. The smallest absolute Gasteiger partial charge is 0.0998 e. The van der Waals surface area contributed by atoms with Gasteiger partial charge in [-0.25, -0.2) is 0 Å². The molecule has 0 atom stereocenters. The molecule has 308 valence electrons. The molecule has 2 aliphatic carbocycles. The highest BCUT2D eigenvalue weighted by Crippen LogP contribution is 2.55. The fourth-order valence-electron chi connectivity index (χ4n) is 11.1. The molecule has 0 spiro atoms. The molecule has 0 saturated heterocycles. The lowest BCUT2D eigenvalue weighted by atomic mass is 9.79. The third kappa shape index (κ3) is 5.34. The topological polar surface area (TPSA) is 95.2 Å². The Labute approximate surface area is 383 Å². The van der Waals surface area contributed by atoms with Gasteiger partial charge >= 0.3 is 0 Å². The van der Waals surface area contributed by atoms with Crippen LogP contribution in [0, 0.1) is 45.3 Å². The molecule has 0 saturated carbocycles. The van der Waals surface area contributed by atoms with Crippen molar-refractivity contribution in [2.75, 3.05) is 0 Å². The van der Waals surface area contributed by atoms with Crippen LogP contribution in [-0.4, -0.2) is 0 Å². The third-order valence-corrected chi connectivity index (χ3v) is 14.3. The minimum absolute atomic E-state index is 0.296. The normalized spacial score (nSPS) is 12.3. The monoisotopic (exact) mass is 840 g/mol. The second kappa shape index (κ2) is 13.5.